The summed E-state index contributed by atoms with van der Waals surface area (Å²) in [5, 5.41) is 1.15. The van der Waals surface area contributed by atoms with E-state index in [0.717, 1.165) is 34.7 Å². The molecule has 1 saturated heterocycles. The van der Waals surface area contributed by atoms with Gasteiger partial charge in [0.1, 0.15) is 5.82 Å². The minimum Gasteiger partial charge on any atom is -0.353 e. The number of anilines is 1. The standard InChI is InChI=1S/C24H29N3/c1-17-9-7-8-16-27(17)23-20-10-5-6-11-21(20)25-22(26-23)18-12-14-19(15-13-18)24(2,3)4/h5-6,10-15,17H,7-9,16H2,1-4H3/t17-/m1/s1. The second kappa shape index (κ2) is 6.95. The lowest BCUT2D eigenvalue weighted by molar-refractivity contribution is 0.482. The van der Waals surface area contributed by atoms with Crippen molar-refractivity contribution in [2.75, 3.05) is 11.4 Å². The number of piperidine rings is 1. The van der Waals surface area contributed by atoms with E-state index in [9.17, 15) is 0 Å². The molecule has 140 valence electrons. The maximum absolute atomic E-state index is 5.05. The average Bonchev–Trinajstić information content (AvgIpc) is 2.67. The minimum absolute atomic E-state index is 0.150. The van der Waals surface area contributed by atoms with Crippen molar-refractivity contribution in [1.29, 1.82) is 0 Å². The lowest BCUT2D eigenvalue weighted by Gasteiger charge is -2.35. The van der Waals surface area contributed by atoms with E-state index in [1.165, 1.54) is 24.8 Å². The molecule has 0 amide bonds. The van der Waals surface area contributed by atoms with Crippen molar-refractivity contribution >= 4 is 16.7 Å². The van der Waals surface area contributed by atoms with Crippen LogP contribution < -0.4 is 4.90 Å². The van der Waals surface area contributed by atoms with E-state index in [2.05, 4.69) is 81.1 Å². The second-order valence-electron chi connectivity index (χ2n) is 8.75. The van der Waals surface area contributed by atoms with Gasteiger partial charge < -0.3 is 4.90 Å². The Morgan fingerprint density at radius 3 is 2.37 bits per heavy atom. The zero-order chi connectivity index (χ0) is 19.0. The minimum atomic E-state index is 0.150. The van der Waals surface area contributed by atoms with Crippen LogP contribution in [0.3, 0.4) is 0 Å². The molecule has 0 spiro atoms. The third kappa shape index (κ3) is 3.55. The predicted molar refractivity (Wildman–Crippen MR) is 114 cm³/mol. The first kappa shape index (κ1) is 18.0. The highest BCUT2D eigenvalue weighted by Gasteiger charge is 2.23. The molecule has 1 aliphatic rings. The van der Waals surface area contributed by atoms with Gasteiger partial charge in [-0.2, -0.15) is 0 Å². The Hall–Kier alpha value is -2.42. The van der Waals surface area contributed by atoms with E-state index >= 15 is 0 Å². The fraction of sp³-hybridized carbons (Fsp3) is 0.417. The van der Waals surface area contributed by atoms with E-state index in [4.69, 9.17) is 9.97 Å². The zero-order valence-corrected chi connectivity index (χ0v) is 16.9. The van der Waals surface area contributed by atoms with Crippen LogP contribution in [0.4, 0.5) is 5.82 Å². The predicted octanol–water partition coefficient (Wildman–Crippen LogP) is 5.97. The van der Waals surface area contributed by atoms with Gasteiger partial charge in [0, 0.05) is 23.5 Å². The summed E-state index contributed by atoms with van der Waals surface area (Å²) in [5.74, 6) is 1.91. The Morgan fingerprint density at radius 2 is 1.67 bits per heavy atom. The van der Waals surface area contributed by atoms with Crippen LogP contribution in [-0.4, -0.2) is 22.6 Å². The van der Waals surface area contributed by atoms with E-state index in [0.29, 0.717) is 6.04 Å². The largest absolute Gasteiger partial charge is 0.353 e. The fourth-order valence-corrected chi connectivity index (χ4v) is 3.94. The summed E-state index contributed by atoms with van der Waals surface area (Å²) < 4.78 is 0. The van der Waals surface area contributed by atoms with Gasteiger partial charge in [-0.25, -0.2) is 9.97 Å². The summed E-state index contributed by atoms with van der Waals surface area (Å²) in [6.07, 6.45) is 3.77. The van der Waals surface area contributed by atoms with Gasteiger partial charge in [0.25, 0.3) is 0 Å². The average molecular weight is 360 g/mol. The number of benzene rings is 2. The van der Waals surface area contributed by atoms with Crippen LogP contribution in [0.15, 0.2) is 48.5 Å². The van der Waals surface area contributed by atoms with Crippen LogP contribution in [0, 0.1) is 0 Å². The van der Waals surface area contributed by atoms with Crippen molar-refractivity contribution in [3.8, 4) is 11.4 Å². The summed E-state index contributed by atoms with van der Waals surface area (Å²) >= 11 is 0. The van der Waals surface area contributed by atoms with Crippen molar-refractivity contribution in [2.24, 2.45) is 0 Å². The van der Waals surface area contributed by atoms with E-state index in [1.807, 2.05) is 0 Å². The molecule has 0 N–H and O–H groups in total. The Morgan fingerprint density at radius 1 is 0.926 bits per heavy atom. The highest BCUT2D eigenvalue weighted by molar-refractivity contribution is 5.91. The van der Waals surface area contributed by atoms with E-state index in [1.54, 1.807) is 0 Å². The van der Waals surface area contributed by atoms with Crippen LogP contribution in [-0.2, 0) is 5.41 Å². The van der Waals surface area contributed by atoms with Gasteiger partial charge in [0.15, 0.2) is 5.82 Å². The molecule has 0 radical (unpaired) electrons. The summed E-state index contributed by atoms with van der Waals surface area (Å²) in [6, 6.07) is 17.7. The first-order valence-corrected chi connectivity index (χ1v) is 10.1. The van der Waals surface area contributed by atoms with E-state index < -0.39 is 0 Å². The first-order valence-electron chi connectivity index (χ1n) is 10.1. The summed E-state index contributed by atoms with van der Waals surface area (Å²) in [4.78, 5) is 12.4. The normalized spacial score (nSPS) is 18.1. The molecular formula is C24H29N3. The van der Waals surface area contributed by atoms with Crippen LogP contribution in [0.5, 0.6) is 0 Å². The number of fused-ring (bicyclic) bond motifs is 1. The first-order chi connectivity index (χ1) is 12.9. The van der Waals surface area contributed by atoms with Gasteiger partial charge in [-0.1, -0.05) is 57.2 Å². The van der Waals surface area contributed by atoms with Gasteiger partial charge in [-0.3, -0.25) is 0 Å². The van der Waals surface area contributed by atoms with Gasteiger partial charge in [0.2, 0.25) is 0 Å². The number of aromatic nitrogens is 2. The topological polar surface area (TPSA) is 29.0 Å². The number of hydrogen-bond acceptors (Lipinski definition) is 3. The van der Waals surface area contributed by atoms with Crippen LogP contribution in [0.2, 0.25) is 0 Å². The van der Waals surface area contributed by atoms with Gasteiger partial charge in [-0.05, 0) is 49.3 Å². The Kier molecular flexibility index (Phi) is 4.63. The maximum atomic E-state index is 5.05. The summed E-state index contributed by atoms with van der Waals surface area (Å²) in [5.41, 5.74) is 3.59. The maximum Gasteiger partial charge on any atom is 0.162 e. The lowest BCUT2D eigenvalue weighted by Crippen LogP contribution is -2.38. The van der Waals surface area contributed by atoms with Gasteiger partial charge >= 0.3 is 0 Å². The van der Waals surface area contributed by atoms with Crippen molar-refractivity contribution in [2.45, 2.75) is 58.4 Å². The molecule has 4 rings (SSSR count). The smallest absolute Gasteiger partial charge is 0.162 e. The molecule has 0 aliphatic carbocycles. The quantitative estimate of drug-likeness (QED) is 0.564. The molecule has 3 aromatic rings. The monoisotopic (exact) mass is 359 g/mol. The molecule has 1 aromatic heterocycles. The number of rotatable bonds is 2. The molecule has 0 saturated carbocycles. The van der Waals surface area contributed by atoms with Crippen molar-refractivity contribution in [3.05, 3.63) is 54.1 Å². The van der Waals surface area contributed by atoms with Crippen LogP contribution in [0.1, 0.15) is 52.5 Å². The molecule has 3 heteroatoms. The van der Waals surface area contributed by atoms with Gasteiger partial charge in [0.05, 0.1) is 5.52 Å². The molecule has 1 atom stereocenters. The number of hydrogen-bond donors (Lipinski definition) is 0. The number of para-hydroxylation sites is 1. The molecule has 0 bridgehead atoms. The molecule has 1 fully saturated rings. The summed E-state index contributed by atoms with van der Waals surface area (Å²) in [6.45, 7) is 10.1. The Labute approximate surface area is 162 Å². The van der Waals surface area contributed by atoms with Crippen LogP contribution >= 0.6 is 0 Å². The molecule has 27 heavy (non-hydrogen) atoms. The Bertz CT molecular complexity index is 938. The molecule has 3 nitrogen and oxygen atoms in total. The third-order valence-corrected chi connectivity index (χ3v) is 5.67. The van der Waals surface area contributed by atoms with Crippen LogP contribution in [0.25, 0.3) is 22.3 Å². The molecule has 1 aliphatic heterocycles. The zero-order valence-electron chi connectivity index (χ0n) is 16.9. The Balaban J connectivity index is 1.82. The highest BCUT2D eigenvalue weighted by Crippen LogP contribution is 2.32. The van der Waals surface area contributed by atoms with E-state index in [-0.39, 0.29) is 5.41 Å². The summed E-state index contributed by atoms with van der Waals surface area (Å²) in [7, 11) is 0. The lowest BCUT2D eigenvalue weighted by atomic mass is 9.86. The van der Waals surface area contributed by atoms with Crippen molar-refractivity contribution < 1.29 is 0 Å². The highest BCUT2D eigenvalue weighted by atomic mass is 15.2. The fourth-order valence-electron chi connectivity index (χ4n) is 3.94. The van der Waals surface area contributed by atoms with Crippen molar-refractivity contribution in [1.82, 2.24) is 9.97 Å². The molecule has 0 unspecified atom stereocenters. The SMILES string of the molecule is C[C@@H]1CCCCN1c1nc(-c2ccc(C(C)(C)C)cc2)nc2ccccc12. The third-order valence-electron chi connectivity index (χ3n) is 5.67. The van der Waals surface area contributed by atoms with Crippen molar-refractivity contribution in [3.63, 3.8) is 0 Å². The van der Waals surface area contributed by atoms with Gasteiger partial charge in [-0.15, -0.1) is 0 Å². The number of nitrogens with zero attached hydrogens (tertiary/aromatic N) is 3. The molecule has 2 heterocycles. The second-order valence-corrected chi connectivity index (χ2v) is 8.75. The molecular weight excluding hydrogens is 330 g/mol. The molecule has 2 aromatic carbocycles.